The Balaban J connectivity index is 2.00. The molecule has 0 N–H and O–H groups in total. The van der Waals surface area contributed by atoms with Crippen molar-refractivity contribution in [3.63, 3.8) is 0 Å². The van der Waals surface area contributed by atoms with Gasteiger partial charge in [-0.2, -0.15) is 0 Å². The molecular formula is C13H16F2O2. The van der Waals surface area contributed by atoms with Gasteiger partial charge in [0.15, 0.2) is 6.29 Å². The first-order valence-electron chi connectivity index (χ1n) is 5.88. The van der Waals surface area contributed by atoms with Crippen molar-refractivity contribution in [1.29, 1.82) is 0 Å². The molecule has 0 bridgehead atoms. The van der Waals surface area contributed by atoms with E-state index in [1.165, 1.54) is 12.1 Å². The van der Waals surface area contributed by atoms with Gasteiger partial charge >= 0.3 is 0 Å². The highest BCUT2D eigenvalue weighted by Crippen LogP contribution is 2.27. The third-order valence-corrected chi connectivity index (χ3v) is 2.82. The predicted molar refractivity (Wildman–Crippen MR) is 59.4 cm³/mol. The largest absolute Gasteiger partial charge is 0.348 e. The van der Waals surface area contributed by atoms with Crippen molar-refractivity contribution in [2.24, 2.45) is 5.92 Å². The Kier molecular flexibility index (Phi) is 4.07. The lowest BCUT2D eigenvalue weighted by molar-refractivity contribution is -0.206. The van der Waals surface area contributed by atoms with Crippen molar-refractivity contribution in [1.82, 2.24) is 0 Å². The van der Waals surface area contributed by atoms with Crippen LogP contribution in [0.25, 0.3) is 0 Å². The van der Waals surface area contributed by atoms with Gasteiger partial charge in [-0.25, -0.2) is 8.78 Å². The van der Waals surface area contributed by atoms with Crippen molar-refractivity contribution in [2.45, 2.75) is 26.1 Å². The van der Waals surface area contributed by atoms with Gasteiger partial charge in [0.05, 0.1) is 13.2 Å². The van der Waals surface area contributed by atoms with Gasteiger partial charge in [-0.05, 0) is 18.6 Å². The molecule has 1 fully saturated rings. The second-order valence-electron chi connectivity index (χ2n) is 4.36. The number of ether oxygens (including phenoxy) is 2. The van der Waals surface area contributed by atoms with Crippen LogP contribution in [0.1, 0.15) is 31.6 Å². The first kappa shape index (κ1) is 12.5. The van der Waals surface area contributed by atoms with Crippen LogP contribution >= 0.6 is 0 Å². The summed E-state index contributed by atoms with van der Waals surface area (Å²) in [5.41, 5.74) is 0.400. The molecule has 1 aromatic rings. The average molecular weight is 242 g/mol. The fraction of sp³-hybridized carbons (Fsp3) is 0.538. The summed E-state index contributed by atoms with van der Waals surface area (Å²) in [6.45, 7) is 3.27. The molecule has 0 unspecified atom stereocenters. The third kappa shape index (κ3) is 3.23. The molecule has 0 radical (unpaired) electrons. The van der Waals surface area contributed by atoms with Crippen LogP contribution in [0.4, 0.5) is 8.78 Å². The Morgan fingerprint density at radius 3 is 2.24 bits per heavy atom. The second-order valence-corrected chi connectivity index (χ2v) is 4.36. The summed E-state index contributed by atoms with van der Waals surface area (Å²) in [6, 6.07) is 3.33. The van der Waals surface area contributed by atoms with E-state index in [1.807, 2.05) is 0 Å². The topological polar surface area (TPSA) is 18.5 Å². The molecule has 0 atom stereocenters. The highest BCUT2D eigenvalue weighted by atomic mass is 19.1. The van der Waals surface area contributed by atoms with Crippen LogP contribution in [0.15, 0.2) is 18.2 Å². The molecule has 0 aliphatic carbocycles. The number of rotatable bonds is 3. The van der Waals surface area contributed by atoms with Crippen LogP contribution in [0.5, 0.6) is 0 Å². The van der Waals surface area contributed by atoms with Crippen LogP contribution in [0, 0.1) is 17.6 Å². The highest BCUT2D eigenvalue weighted by molar-refractivity contribution is 5.19. The Bertz CT molecular complexity index is 353. The molecule has 1 aliphatic rings. The first-order chi connectivity index (χ1) is 8.19. The normalized spacial score (nSPS) is 24.9. The molecule has 2 rings (SSSR count). The van der Waals surface area contributed by atoms with E-state index in [4.69, 9.17) is 9.47 Å². The Hall–Kier alpha value is -1.00. The highest BCUT2D eigenvalue weighted by Gasteiger charge is 2.23. The van der Waals surface area contributed by atoms with Crippen LogP contribution in [0.3, 0.4) is 0 Å². The minimum absolute atomic E-state index is 0.384. The fourth-order valence-corrected chi connectivity index (χ4v) is 2.02. The van der Waals surface area contributed by atoms with E-state index in [2.05, 4.69) is 6.92 Å². The summed E-state index contributed by atoms with van der Waals surface area (Å²) in [5, 5.41) is 0. The van der Waals surface area contributed by atoms with Crippen molar-refractivity contribution < 1.29 is 18.3 Å². The van der Waals surface area contributed by atoms with Crippen LogP contribution in [0.2, 0.25) is 0 Å². The van der Waals surface area contributed by atoms with Crippen molar-refractivity contribution in [3.8, 4) is 0 Å². The van der Waals surface area contributed by atoms with Gasteiger partial charge in [-0.1, -0.05) is 13.3 Å². The Labute approximate surface area is 99.5 Å². The van der Waals surface area contributed by atoms with Gasteiger partial charge in [0.2, 0.25) is 0 Å². The smallest absolute Gasteiger partial charge is 0.184 e. The maximum Gasteiger partial charge on any atom is 0.184 e. The van der Waals surface area contributed by atoms with Crippen LogP contribution in [-0.4, -0.2) is 13.2 Å². The zero-order valence-corrected chi connectivity index (χ0v) is 9.79. The molecule has 17 heavy (non-hydrogen) atoms. The van der Waals surface area contributed by atoms with Crippen LogP contribution < -0.4 is 0 Å². The molecule has 0 saturated carbocycles. The molecule has 0 amide bonds. The SMILES string of the molecule is CCC[C@H]1CO[C@H](c2cc(F)cc(F)c2)OC1. The quantitative estimate of drug-likeness (QED) is 0.808. The molecule has 1 aromatic carbocycles. The number of halogens is 2. The standard InChI is InChI=1S/C13H16F2O2/c1-2-3-9-7-16-13(17-8-9)10-4-11(14)6-12(15)5-10/h4-6,9,13H,2-3,7-8H2,1H3/t9-,13-. The Morgan fingerprint density at radius 2 is 1.71 bits per heavy atom. The maximum absolute atomic E-state index is 13.0. The molecule has 1 heterocycles. The monoisotopic (exact) mass is 242 g/mol. The van der Waals surface area contributed by atoms with Gasteiger partial charge in [0.25, 0.3) is 0 Å². The summed E-state index contributed by atoms with van der Waals surface area (Å²) in [7, 11) is 0. The lowest BCUT2D eigenvalue weighted by Crippen LogP contribution is -2.27. The third-order valence-electron chi connectivity index (χ3n) is 2.82. The lowest BCUT2D eigenvalue weighted by Gasteiger charge is -2.29. The first-order valence-corrected chi connectivity index (χ1v) is 5.88. The number of hydrogen-bond donors (Lipinski definition) is 0. The second kappa shape index (κ2) is 5.56. The molecule has 4 heteroatoms. The van der Waals surface area contributed by atoms with E-state index >= 15 is 0 Å². The van der Waals surface area contributed by atoms with Crippen molar-refractivity contribution in [3.05, 3.63) is 35.4 Å². The van der Waals surface area contributed by atoms with Crippen molar-refractivity contribution >= 4 is 0 Å². The van der Waals surface area contributed by atoms with Gasteiger partial charge in [-0.3, -0.25) is 0 Å². The number of hydrogen-bond acceptors (Lipinski definition) is 2. The summed E-state index contributed by atoms with van der Waals surface area (Å²) in [4.78, 5) is 0. The van der Waals surface area contributed by atoms with Crippen LogP contribution in [-0.2, 0) is 9.47 Å². The average Bonchev–Trinajstić information content (AvgIpc) is 2.29. The van der Waals surface area contributed by atoms with E-state index in [0.717, 1.165) is 18.9 Å². The predicted octanol–water partition coefficient (Wildman–Crippen LogP) is 3.43. The summed E-state index contributed by atoms with van der Waals surface area (Å²) in [6.07, 6.45) is 1.48. The van der Waals surface area contributed by atoms with Gasteiger partial charge in [-0.15, -0.1) is 0 Å². The van der Waals surface area contributed by atoms with Gasteiger partial charge in [0, 0.05) is 17.5 Å². The summed E-state index contributed by atoms with van der Waals surface area (Å²) in [5.74, 6) is -0.833. The Morgan fingerprint density at radius 1 is 1.12 bits per heavy atom. The molecule has 1 saturated heterocycles. The minimum atomic E-state index is -0.645. The zero-order chi connectivity index (χ0) is 12.3. The molecule has 0 spiro atoms. The maximum atomic E-state index is 13.0. The summed E-state index contributed by atoms with van der Waals surface area (Å²) < 4.78 is 37.0. The number of benzene rings is 1. The zero-order valence-electron chi connectivity index (χ0n) is 9.79. The minimum Gasteiger partial charge on any atom is -0.348 e. The molecule has 0 aromatic heterocycles. The molecule has 2 nitrogen and oxygen atoms in total. The fourth-order valence-electron chi connectivity index (χ4n) is 2.02. The molecular weight excluding hydrogens is 226 g/mol. The molecule has 1 aliphatic heterocycles. The van der Waals surface area contributed by atoms with E-state index in [9.17, 15) is 8.78 Å². The lowest BCUT2D eigenvalue weighted by atomic mass is 10.1. The molecule has 94 valence electrons. The van der Waals surface area contributed by atoms with E-state index < -0.39 is 17.9 Å². The van der Waals surface area contributed by atoms with E-state index in [0.29, 0.717) is 24.7 Å². The van der Waals surface area contributed by atoms with Crippen molar-refractivity contribution in [2.75, 3.05) is 13.2 Å². The summed E-state index contributed by atoms with van der Waals surface area (Å²) >= 11 is 0. The van der Waals surface area contributed by atoms with Gasteiger partial charge in [0.1, 0.15) is 11.6 Å². The van der Waals surface area contributed by atoms with E-state index in [-0.39, 0.29) is 0 Å². The van der Waals surface area contributed by atoms with E-state index in [1.54, 1.807) is 0 Å². The van der Waals surface area contributed by atoms with Gasteiger partial charge < -0.3 is 9.47 Å².